The van der Waals surface area contributed by atoms with Crippen LogP contribution < -0.4 is 5.32 Å². The summed E-state index contributed by atoms with van der Waals surface area (Å²) >= 11 is 0. The van der Waals surface area contributed by atoms with Crippen molar-refractivity contribution in [2.45, 2.75) is 110 Å². The lowest BCUT2D eigenvalue weighted by atomic mass is 10.0. The van der Waals surface area contributed by atoms with Crippen molar-refractivity contribution in [2.24, 2.45) is 0 Å². The first-order chi connectivity index (χ1) is 12.7. The van der Waals surface area contributed by atoms with E-state index in [-0.39, 0.29) is 11.9 Å². The third-order valence-electron chi connectivity index (χ3n) is 5.18. The Labute approximate surface area is 162 Å². The molecule has 0 bridgehead atoms. The number of benzene rings is 1. The molecule has 1 atom stereocenters. The van der Waals surface area contributed by atoms with Gasteiger partial charge in [0.15, 0.2) is 0 Å². The number of unbranched alkanes of at least 4 members (excludes halogenated alkanes) is 12. The van der Waals surface area contributed by atoms with E-state index in [1.165, 1.54) is 82.6 Å². The molecule has 0 aromatic heterocycles. The van der Waals surface area contributed by atoms with Crippen LogP contribution in [0.5, 0.6) is 0 Å². The first-order valence-corrected chi connectivity index (χ1v) is 11.1. The van der Waals surface area contributed by atoms with Gasteiger partial charge in [0.2, 0.25) is 5.91 Å². The second-order valence-electron chi connectivity index (χ2n) is 7.69. The predicted molar refractivity (Wildman–Crippen MR) is 113 cm³/mol. The van der Waals surface area contributed by atoms with E-state index in [1.54, 1.807) is 0 Å². The minimum Gasteiger partial charge on any atom is -0.350 e. The van der Waals surface area contributed by atoms with Gasteiger partial charge < -0.3 is 5.32 Å². The van der Waals surface area contributed by atoms with E-state index in [4.69, 9.17) is 0 Å². The Morgan fingerprint density at radius 1 is 0.769 bits per heavy atom. The monoisotopic (exact) mass is 359 g/mol. The molecule has 1 amide bonds. The number of carbonyl (C=O) groups is 1. The van der Waals surface area contributed by atoms with Crippen LogP contribution in [0.25, 0.3) is 0 Å². The summed E-state index contributed by atoms with van der Waals surface area (Å²) in [5, 5.41) is 3.10. The third-order valence-corrected chi connectivity index (χ3v) is 5.18. The van der Waals surface area contributed by atoms with Crippen LogP contribution in [0.15, 0.2) is 30.3 Å². The maximum Gasteiger partial charge on any atom is 0.220 e. The Balaban J connectivity index is 1.87. The Bertz CT molecular complexity index is 443. The molecule has 1 N–H and O–H groups in total. The van der Waals surface area contributed by atoms with E-state index >= 15 is 0 Å². The number of amides is 1. The summed E-state index contributed by atoms with van der Waals surface area (Å²) in [6.07, 6.45) is 18.1. The first-order valence-electron chi connectivity index (χ1n) is 11.1. The maximum absolute atomic E-state index is 12.0. The molecule has 0 saturated carbocycles. The van der Waals surface area contributed by atoms with E-state index in [1.807, 2.05) is 18.2 Å². The lowest BCUT2D eigenvalue weighted by molar-refractivity contribution is -0.121. The molecule has 0 aliphatic rings. The van der Waals surface area contributed by atoms with Crippen LogP contribution >= 0.6 is 0 Å². The van der Waals surface area contributed by atoms with Crippen molar-refractivity contribution in [1.29, 1.82) is 0 Å². The molecule has 0 unspecified atom stereocenters. The first kappa shape index (κ1) is 22.7. The van der Waals surface area contributed by atoms with Gasteiger partial charge in [0, 0.05) is 6.42 Å². The largest absolute Gasteiger partial charge is 0.350 e. The lowest BCUT2D eigenvalue weighted by Gasteiger charge is -2.14. The molecule has 0 radical (unpaired) electrons. The van der Waals surface area contributed by atoms with Crippen LogP contribution in [-0.4, -0.2) is 5.91 Å². The number of hydrogen-bond donors (Lipinski definition) is 1. The summed E-state index contributed by atoms with van der Waals surface area (Å²) < 4.78 is 0. The molecular weight excluding hydrogens is 318 g/mol. The summed E-state index contributed by atoms with van der Waals surface area (Å²) in [6, 6.07) is 10.3. The molecule has 1 aromatic carbocycles. The second kappa shape index (κ2) is 15.9. The van der Waals surface area contributed by atoms with Crippen molar-refractivity contribution >= 4 is 5.91 Å². The number of rotatable bonds is 16. The van der Waals surface area contributed by atoms with Gasteiger partial charge in [0.05, 0.1) is 6.04 Å². The molecule has 2 heteroatoms. The SMILES string of the molecule is CCCCCCCCCCCCCCCC(=O)N[C@@H](C)c1ccccc1. The zero-order valence-electron chi connectivity index (χ0n) is 17.3. The number of hydrogen-bond acceptors (Lipinski definition) is 1. The quantitative estimate of drug-likeness (QED) is 0.307. The zero-order valence-corrected chi connectivity index (χ0v) is 17.3. The van der Waals surface area contributed by atoms with Crippen LogP contribution in [0.4, 0.5) is 0 Å². The van der Waals surface area contributed by atoms with E-state index < -0.39 is 0 Å². The van der Waals surface area contributed by atoms with Crippen LogP contribution in [0.2, 0.25) is 0 Å². The van der Waals surface area contributed by atoms with Gasteiger partial charge >= 0.3 is 0 Å². The van der Waals surface area contributed by atoms with Crippen molar-refractivity contribution < 1.29 is 4.79 Å². The summed E-state index contributed by atoms with van der Waals surface area (Å²) in [5.74, 6) is 0.185. The fraction of sp³-hybridized carbons (Fsp3) is 0.708. The van der Waals surface area contributed by atoms with Gasteiger partial charge in [-0.3, -0.25) is 4.79 Å². The summed E-state index contributed by atoms with van der Waals surface area (Å²) in [6.45, 7) is 4.33. The van der Waals surface area contributed by atoms with Gasteiger partial charge in [0.1, 0.15) is 0 Å². The van der Waals surface area contributed by atoms with Crippen molar-refractivity contribution in [3.05, 3.63) is 35.9 Å². The van der Waals surface area contributed by atoms with Crippen molar-refractivity contribution in [3.8, 4) is 0 Å². The molecule has 0 saturated heterocycles. The topological polar surface area (TPSA) is 29.1 Å². The highest BCUT2D eigenvalue weighted by molar-refractivity contribution is 5.76. The molecule has 148 valence electrons. The second-order valence-corrected chi connectivity index (χ2v) is 7.69. The summed E-state index contributed by atoms with van der Waals surface area (Å²) in [4.78, 5) is 12.0. The van der Waals surface area contributed by atoms with Gasteiger partial charge in [0.25, 0.3) is 0 Å². The van der Waals surface area contributed by atoms with E-state index in [0.29, 0.717) is 6.42 Å². The molecule has 1 rings (SSSR count). The molecule has 0 aliphatic carbocycles. The molecule has 0 heterocycles. The summed E-state index contributed by atoms with van der Waals surface area (Å²) in [5.41, 5.74) is 1.17. The fourth-order valence-corrected chi connectivity index (χ4v) is 3.44. The Kier molecular flexibility index (Phi) is 13.9. The van der Waals surface area contributed by atoms with Crippen LogP contribution in [-0.2, 0) is 4.79 Å². The standard InChI is InChI=1S/C24H41NO/c1-3-4-5-6-7-8-9-10-11-12-13-14-18-21-24(26)25-22(2)23-19-16-15-17-20-23/h15-17,19-20,22H,3-14,18,21H2,1-2H3,(H,25,26)/t22-/m0/s1. The Morgan fingerprint density at radius 3 is 1.73 bits per heavy atom. The van der Waals surface area contributed by atoms with Gasteiger partial charge in [-0.1, -0.05) is 114 Å². The molecule has 0 spiro atoms. The molecule has 26 heavy (non-hydrogen) atoms. The molecule has 2 nitrogen and oxygen atoms in total. The minimum absolute atomic E-state index is 0.102. The van der Waals surface area contributed by atoms with Crippen molar-refractivity contribution in [1.82, 2.24) is 5.32 Å². The highest BCUT2D eigenvalue weighted by atomic mass is 16.1. The maximum atomic E-state index is 12.0. The number of nitrogens with one attached hydrogen (secondary N) is 1. The van der Waals surface area contributed by atoms with Crippen LogP contribution in [0.3, 0.4) is 0 Å². The lowest BCUT2D eigenvalue weighted by Crippen LogP contribution is -2.26. The van der Waals surface area contributed by atoms with Crippen molar-refractivity contribution in [3.63, 3.8) is 0 Å². The van der Waals surface area contributed by atoms with Crippen molar-refractivity contribution in [2.75, 3.05) is 0 Å². The number of carbonyl (C=O) groups excluding carboxylic acids is 1. The fourth-order valence-electron chi connectivity index (χ4n) is 3.44. The Hall–Kier alpha value is -1.31. The van der Waals surface area contributed by atoms with Gasteiger partial charge in [-0.05, 0) is 18.9 Å². The van der Waals surface area contributed by atoms with E-state index in [2.05, 4.69) is 31.3 Å². The molecule has 0 aliphatic heterocycles. The Morgan fingerprint density at radius 2 is 1.23 bits per heavy atom. The molecular formula is C24H41NO. The third kappa shape index (κ3) is 12.1. The average molecular weight is 360 g/mol. The minimum atomic E-state index is 0.102. The van der Waals surface area contributed by atoms with E-state index in [0.717, 1.165) is 6.42 Å². The van der Waals surface area contributed by atoms with Gasteiger partial charge in [-0.25, -0.2) is 0 Å². The van der Waals surface area contributed by atoms with Gasteiger partial charge in [-0.2, -0.15) is 0 Å². The van der Waals surface area contributed by atoms with Crippen LogP contribution in [0.1, 0.15) is 115 Å². The zero-order chi connectivity index (χ0) is 18.9. The molecule has 1 aromatic rings. The summed E-state index contributed by atoms with van der Waals surface area (Å²) in [7, 11) is 0. The highest BCUT2D eigenvalue weighted by Gasteiger charge is 2.08. The average Bonchev–Trinajstić information content (AvgIpc) is 2.66. The highest BCUT2D eigenvalue weighted by Crippen LogP contribution is 2.14. The molecule has 0 fully saturated rings. The van der Waals surface area contributed by atoms with Crippen LogP contribution in [0, 0.1) is 0 Å². The normalized spacial score (nSPS) is 12.1. The predicted octanol–water partition coefficient (Wildman–Crippen LogP) is 7.35. The van der Waals surface area contributed by atoms with E-state index in [9.17, 15) is 4.79 Å². The van der Waals surface area contributed by atoms with Gasteiger partial charge in [-0.15, -0.1) is 0 Å². The smallest absolute Gasteiger partial charge is 0.220 e.